The van der Waals surface area contributed by atoms with E-state index in [-0.39, 0.29) is 24.2 Å². The number of nitrogens with zero attached hydrogens (tertiary/aromatic N) is 2. The number of pyridine rings is 1. The fourth-order valence-corrected chi connectivity index (χ4v) is 1.41. The molecule has 1 rings (SSSR count). The molecule has 0 fully saturated rings. The normalized spacial score (nSPS) is 12.1. The molecule has 2 N–H and O–H groups in total. The number of hydrogen-bond acceptors (Lipinski definition) is 4. The number of likely N-dealkylation sites (N-methyl/N-ethyl adjacent to an activating group) is 1. The van der Waals surface area contributed by atoms with E-state index >= 15 is 0 Å². The van der Waals surface area contributed by atoms with Crippen LogP contribution in [0.15, 0.2) is 12.1 Å². The molecule has 5 nitrogen and oxygen atoms in total. The van der Waals surface area contributed by atoms with Crippen molar-refractivity contribution in [3.8, 4) is 0 Å². The van der Waals surface area contributed by atoms with Crippen LogP contribution in [0.25, 0.3) is 0 Å². The summed E-state index contributed by atoms with van der Waals surface area (Å²) in [5, 5.41) is 12.2. The predicted molar refractivity (Wildman–Crippen MR) is 67.4 cm³/mol. The minimum Gasteiger partial charge on any atom is -0.394 e. The van der Waals surface area contributed by atoms with Crippen LogP contribution >= 0.6 is 11.6 Å². The SMILES string of the molecule is CNc1ccc(Cl)c(C(=O)N(C)C(C)CO)n1. The first kappa shape index (κ1) is 13.7. The molecule has 94 valence electrons. The van der Waals surface area contributed by atoms with Gasteiger partial charge in [-0.3, -0.25) is 4.79 Å². The molecule has 1 amide bonds. The Balaban J connectivity index is 3.02. The summed E-state index contributed by atoms with van der Waals surface area (Å²) >= 11 is 5.94. The van der Waals surface area contributed by atoms with Crippen molar-refractivity contribution in [2.75, 3.05) is 26.0 Å². The van der Waals surface area contributed by atoms with Crippen LogP contribution in [0.4, 0.5) is 5.82 Å². The number of rotatable bonds is 4. The van der Waals surface area contributed by atoms with E-state index in [1.54, 1.807) is 33.2 Å². The Bertz CT molecular complexity index is 412. The summed E-state index contributed by atoms with van der Waals surface area (Å²) in [6, 6.07) is 3.03. The maximum atomic E-state index is 12.1. The average molecular weight is 258 g/mol. The van der Waals surface area contributed by atoms with Crippen LogP contribution in [-0.2, 0) is 0 Å². The first-order valence-electron chi connectivity index (χ1n) is 5.23. The third kappa shape index (κ3) is 3.08. The highest BCUT2D eigenvalue weighted by Gasteiger charge is 2.20. The fourth-order valence-electron chi connectivity index (χ4n) is 1.22. The summed E-state index contributed by atoms with van der Waals surface area (Å²) in [5.41, 5.74) is 0.182. The molecule has 0 saturated carbocycles. The third-order valence-electron chi connectivity index (χ3n) is 2.55. The first-order chi connectivity index (χ1) is 8.01. The van der Waals surface area contributed by atoms with Crippen molar-refractivity contribution in [2.24, 2.45) is 0 Å². The molecule has 6 heteroatoms. The van der Waals surface area contributed by atoms with Gasteiger partial charge in [0.2, 0.25) is 0 Å². The zero-order chi connectivity index (χ0) is 13.0. The quantitative estimate of drug-likeness (QED) is 0.852. The minimum absolute atomic E-state index is 0.106. The molecular formula is C11H16ClN3O2. The topological polar surface area (TPSA) is 65.5 Å². The molecule has 0 saturated heterocycles. The van der Waals surface area contributed by atoms with Crippen molar-refractivity contribution < 1.29 is 9.90 Å². The minimum atomic E-state index is -0.311. The highest BCUT2D eigenvalue weighted by molar-refractivity contribution is 6.33. The van der Waals surface area contributed by atoms with E-state index in [1.807, 2.05) is 0 Å². The molecule has 1 aromatic heterocycles. The number of halogens is 1. The number of aliphatic hydroxyl groups is 1. The van der Waals surface area contributed by atoms with Crippen LogP contribution in [-0.4, -0.2) is 47.6 Å². The Morgan fingerprint density at radius 3 is 2.82 bits per heavy atom. The third-order valence-corrected chi connectivity index (χ3v) is 2.86. The number of aliphatic hydroxyl groups excluding tert-OH is 1. The summed E-state index contributed by atoms with van der Waals surface area (Å²) in [6.45, 7) is 1.64. The lowest BCUT2D eigenvalue weighted by atomic mass is 10.2. The number of carbonyl (C=O) groups excluding carboxylic acids is 1. The summed E-state index contributed by atoms with van der Waals surface area (Å²) in [7, 11) is 3.32. The molecule has 1 aromatic rings. The van der Waals surface area contributed by atoms with Crippen LogP contribution in [0.1, 0.15) is 17.4 Å². The van der Waals surface area contributed by atoms with Crippen LogP contribution in [0.5, 0.6) is 0 Å². The van der Waals surface area contributed by atoms with Crippen molar-refractivity contribution in [2.45, 2.75) is 13.0 Å². The second kappa shape index (κ2) is 5.84. The summed E-state index contributed by atoms with van der Waals surface area (Å²) < 4.78 is 0. The van der Waals surface area contributed by atoms with Gasteiger partial charge in [-0.15, -0.1) is 0 Å². The lowest BCUT2D eigenvalue weighted by molar-refractivity contribution is 0.0676. The standard InChI is InChI=1S/C11H16ClN3O2/c1-7(6-16)15(3)11(17)10-8(12)4-5-9(13-2)14-10/h4-5,7,16H,6H2,1-3H3,(H,13,14). The molecule has 0 radical (unpaired) electrons. The van der Waals surface area contributed by atoms with Gasteiger partial charge in [-0.2, -0.15) is 0 Å². The van der Waals surface area contributed by atoms with Crippen molar-refractivity contribution in [3.63, 3.8) is 0 Å². The Hall–Kier alpha value is -1.33. The van der Waals surface area contributed by atoms with Crippen molar-refractivity contribution in [1.29, 1.82) is 0 Å². The maximum Gasteiger partial charge on any atom is 0.274 e. The van der Waals surface area contributed by atoms with E-state index in [0.29, 0.717) is 10.8 Å². The summed E-state index contributed by atoms with van der Waals surface area (Å²) in [4.78, 5) is 17.6. The van der Waals surface area contributed by atoms with Gasteiger partial charge in [0.25, 0.3) is 5.91 Å². The molecular weight excluding hydrogens is 242 g/mol. The smallest absolute Gasteiger partial charge is 0.274 e. The molecule has 0 spiro atoms. The van der Waals surface area contributed by atoms with Crippen molar-refractivity contribution in [3.05, 3.63) is 22.8 Å². The molecule has 17 heavy (non-hydrogen) atoms. The average Bonchev–Trinajstić information content (AvgIpc) is 2.36. The van der Waals surface area contributed by atoms with Crippen molar-refractivity contribution >= 4 is 23.3 Å². The number of anilines is 1. The Morgan fingerprint density at radius 2 is 2.29 bits per heavy atom. The van der Waals surface area contributed by atoms with Crippen LogP contribution < -0.4 is 5.32 Å². The molecule has 1 atom stereocenters. The number of carbonyl (C=O) groups is 1. The Morgan fingerprint density at radius 1 is 1.65 bits per heavy atom. The van der Waals surface area contributed by atoms with E-state index < -0.39 is 0 Å². The number of nitrogens with one attached hydrogen (secondary N) is 1. The van der Waals surface area contributed by atoms with Crippen LogP contribution in [0, 0.1) is 0 Å². The van der Waals surface area contributed by atoms with Crippen LogP contribution in [0.3, 0.4) is 0 Å². The highest BCUT2D eigenvalue weighted by Crippen LogP contribution is 2.18. The maximum absolute atomic E-state index is 12.1. The van der Waals surface area contributed by atoms with Gasteiger partial charge in [0.05, 0.1) is 17.7 Å². The fraction of sp³-hybridized carbons (Fsp3) is 0.455. The van der Waals surface area contributed by atoms with Gasteiger partial charge in [-0.05, 0) is 19.1 Å². The lowest BCUT2D eigenvalue weighted by Crippen LogP contribution is -2.37. The van der Waals surface area contributed by atoms with E-state index in [0.717, 1.165) is 0 Å². The van der Waals surface area contributed by atoms with E-state index in [2.05, 4.69) is 10.3 Å². The van der Waals surface area contributed by atoms with E-state index in [4.69, 9.17) is 16.7 Å². The van der Waals surface area contributed by atoms with Gasteiger partial charge in [-0.1, -0.05) is 11.6 Å². The van der Waals surface area contributed by atoms with Crippen molar-refractivity contribution in [1.82, 2.24) is 9.88 Å². The van der Waals surface area contributed by atoms with Crippen LogP contribution in [0.2, 0.25) is 5.02 Å². The lowest BCUT2D eigenvalue weighted by Gasteiger charge is -2.23. The van der Waals surface area contributed by atoms with E-state index in [1.165, 1.54) is 4.90 Å². The summed E-state index contributed by atoms with van der Waals surface area (Å²) in [6.07, 6.45) is 0. The number of aromatic nitrogens is 1. The zero-order valence-corrected chi connectivity index (χ0v) is 10.8. The Kier molecular flexibility index (Phi) is 4.72. The van der Waals surface area contributed by atoms with Gasteiger partial charge >= 0.3 is 0 Å². The van der Waals surface area contributed by atoms with Gasteiger partial charge in [0, 0.05) is 14.1 Å². The predicted octanol–water partition coefficient (Wildman–Crippen LogP) is 1.23. The van der Waals surface area contributed by atoms with E-state index in [9.17, 15) is 4.79 Å². The molecule has 0 aromatic carbocycles. The highest BCUT2D eigenvalue weighted by atomic mass is 35.5. The summed E-state index contributed by atoms with van der Waals surface area (Å²) in [5.74, 6) is 0.261. The van der Waals surface area contributed by atoms with Gasteiger partial charge in [-0.25, -0.2) is 4.98 Å². The zero-order valence-electron chi connectivity index (χ0n) is 10.1. The molecule has 1 heterocycles. The number of amides is 1. The molecule has 0 aliphatic heterocycles. The first-order valence-corrected chi connectivity index (χ1v) is 5.61. The second-order valence-electron chi connectivity index (χ2n) is 3.72. The largest absolute Gasteiger partial charge is 0.394 e. The molecule has 0 aliphatic rings. The number of hydrogen-bond donors (Lipinski definition) is 2. The van der Waals surface area contributed by atoms with Gasteiger partial charge in [0.15, 0.2) is 0 Å². The second-order valence-corrected chi connectivity index (χ2v) is 4.13. The van der Waals surface area contributed by atoms with Gasteiger partial charge < -0.3 is 15.3 Å². The molecule has 0 aliphatic carbocycles. The Labute approximate surface area is 105 Å². The molecule has 0 bridgehead atoms. The molecule has 1 unspecified atom stereocenters. The van der Waals surface area contributed by atoms with Gasteiger partial charge in [0.1, 0.15) is 11.5 Å². The monoisotopic (exact) mass is 257 g/mol.